The third kappa shape index (κ3) is 4.76. The highest BCUT2D eigenvalue weighted by atomic mass is 28.3. The van der Waals surface area contributed by atoms with Crippen LogP contribution in [0.4, 0.5) is 13.2 Å². The first-order chi connectivity index (χ1) is 19.5. The smallest absolute Gasteiger partial charge is 0.179 e. The summed E-state index contributed by atoms with van der Waals surface area (Å²) in [6, 6.07) is 40.1. The van der Waals surface area contributed by atoms with Crippen LogP contribution in [-0.2, 0) is 0 Å². The minimum atomic E-state index is -3.06. The largest absolute Gasteiger partial charge is 0.265 e. The van der Waals surface area contributed by atoms with Crippen molar-refractivity contribution in [2.45, 2.75) is 0 Å². The summed E-state index contributed by atoms with van der Waals surface area (Å²) in [6.07, 6.45) is 3.56. The van der Waals surface area contributed by atoms with Crippen LogP contribution in [0.15, 0.2) is 146 Å². The number of aromatic nitrogens is 1. The molecule has 0 saturated heterocycles. The fourth-order valence-corrected chi connectivity index (χ4v) is 10.1. The van der Waals surface area contributed by atoms with Crippen molar-refractivity contribution < 1.29 is 13.2 Å². The zero-order valence-electron chi connectivity index (χ0n) is 21.4. The zero-order chi connectivity index (χ0) is 27.5. The van der Waals surface area contributed by atoms with Crippen LogP contribution in [0.2, 0.25) is 0 Å². The average molecular weight is 544 g/mol. The summed E-state index contributed by atoms with van der Waals surface area (Å²) in [4.78, 5) is 4.11. The Labute approximate surface area is 232 Å². The Hall–Kier alpha value is -4.74. The van der Waals surface area contributed by atoms with Crippen LogP contribution in [-0.4, -0.2) is 13.1 Å². The van der Waals surface area contributed by atoms with Gasteiger partial charge in [0.15, 0.2) is 8.07 Å². The summed E-state index contributed by atoms with van der Waals surface area (Å²) in [5.74, 6) is -1.02. The normalized spacial score (nSPS) is 11.4. The first kappa shape index (κ1) is 25.5. The Morgan fingerprint density at radius 3 is 1.12 bits per heavy atom. The monoisotopic (exact) mass is 543 g/mol. The predicted molar refractivity (Wildman–Crippen MR) is 159 cm³/mol. The number of pyridine rings is 1. The number of halogens is 3. The number of benzene rings is 5. The molecule has 0 bridgehead atoms. The molecule has 5 heteroatoms. The molecule has 40 heavy (non-hydrogen) atoms. The molecule has 5 aromatic carbocycles. The highest BCUT2D eigenvalue weighted by Crippen LogP contribution is 2.26. The Morgan fingerprint density at radius 2 is 0.725 bits per heavy atom. The number of hydrogen-bond donors (Lipinski definition) is 0. The molecule has 1 heterocycles. The van der Waals surface area contributed by atoms with E-state index in [2.05, 4.69) is 47.4 Å². The van der Waals surface area contributed by atoms with Gasteiger partial charge in [-0.2, -0.15) is 0 Å². The van der Waals surface area contributed by atoms with Gasteiger partial charge in [0.25, 0.3) is 0 Å². The molecule has 0 spiro atoms. The predicted octanol–water partition coefficient (Wildman–Crippen LogP) is 6.21. The topological polar surface area (TPSA) is 12.9 Å². The summed E-state index contributed by atoms with van der Waals surface area (Å²) in [6.45, 7) is 0. The molecule has 0 radical (unpaired) electrons. The van der Waals surface area contributed by atoms with Crippen LogP contribution in [0.25, 0.3) is 22.3 Å². The van der Waals surface area contributed by atoms with Gasteiger partial charge >= 0.3 is 0 Å². The maximum atomic E-state index is 14.1. The van der Waals surface area contributed by atoms with Crippen molar-refractivity contribution >= 4 is 28.8 Å². The van der Waals surface area contributed by atoms with Crippen LogP contribution in [0.5, 0.6) is 0 Å². The van der Waals surface area contributed by atoms with Crippen LogP contribution < -0.4 is 20.7 Å². The lowest BCUT2D eigenvalue weighted by Crippen LogP contribution is -2.74. The fraction of sp³-hybridized carbons (Fsp3) is 0. The summed E-state index contributed by atoms with van der Waals surface area (Å²) < 4.78 is 42.3. The molecular weight excluding hydrogens is 519 g/mol. The lowest BCUT2D eigenvalue weighted by molar-refractivity contribution is 0.628. The highest BCUT2D eigenvalue weighted by molar-refractivity contribution is 7.19. The van der Waals surface area contributed by atoms with Crippen molar-refractivity contribution in [2.24, 2.45) is 0 Å². The SMILES string of the molecule is Fc1ccc([Si](c2ccc(F)cc2)(c2ccc(F)cc2)c2ccc(-c3cccc(-c4ccncc4)c3)cc2)cc1. The van der Waals surface area contributed by atoms with E-state index >= 15 is 0 Å². The van der Waals surface area contributed by atoms with E-state index in [1.165, 1.54) is 36.4 Å². The molecule has 0 saturated carbocycles. The van der Waals surface area contributed by atoms with E-state index in [1.54, 1.807) is 48.8 Å². The van der Waals surface area contributed by atoms with Crippen molar-refractivity contribution in [1.82, 2.24) is 4.98 Å². The summed E-state index contributed by atoms with van der Waals surface area (Å²) in [5, 5.41) is 3.77. The van der Waals surface area contributed by atoms with Crippen molar-refractivity contribution in [2.75, 3.05) is 0 Å². The third-order valence-corrected chi connectivity index (χ3v) is 12.2. The Bertz CT molecular complexity index is 1620. The van der Waals surface area contributed by atoms with E-state index < -0.39 is 8.07 Å². The van der Waals surface area contributed by atoms with Crippen molar-refractivity contribution in [3.8, 4) is 22.3 Å². The summed E-state index contributed by atoms with van der Waals surface area (Å²) >= 11 is 0. The van der Waals surface area contributed by atoms with Gasteiger partial charge in [-0.05, 0) is 97.6 Å². The summed E-state index contributed by atoms with van der Waals surface area (Å²) in [7, 11) is -3.06. The number of rotatable bonds is 6. The highest BCUT2D eigenvalue weighted by Gasteiger charge is 2.41. The van der Waals surface area contributed by atoms with Crippen molar-refractivity contribution in [3.05, 3.63) is 163 Å². The molecular formula is C35H24F3NSi. The molecule has 1 nitrogen and oxygen atoms in total. The number of hydrogen-bond acceptors (Lipinski definition) is 1. The van der Waals surface area contributed by atoms with E-state index in [1.807, 2.05) is 18.2 Å². The van der Waals surface area contributed by atoms with Gasteiger partial charge in [0.05, 0.1) is 0 Å². The average Bonchev–Trinajstić information content (AvgIpc) is 3.01. The minimum Gasteiger partial charge on any atom is -0.265 e. The van der Waals surface area contributed by atoms with Gasteiger partial charge in [0, 0.05) is 12.4 Å². The quantitative estimate of drug-likeness (QED) is 0.180. The van der Waals surface area contributed by atoms with Crippen LogP contribution in [0, 0.1) is 17.5 Å². The second kappa shape index (κ2) is 10.8. The molecule has 0 N–H and O–H groups in total. The van der Waals surface area contributed by atoms with Crippen LogP contribution in [0.1, 0.15) is 0 Å². The molecule has 0 aliphatic carbocycles. The Balaban J connectivity index is 1.54. The maximum Gasteiger partial charge on any atom is 0.179 e. The lowest BCUT2D eigenvalue weighted by atomic mass is 10.00. The van der Waals surface area contributed by atoms with Crippen LogP contribution >= 0.6 is 0 Å². The number of nitrogens with zero attached hydrogens (tertiary/aromatic N) is 1. The molecule has 6 aromatic rings. The maximum absolute atomic E-state index is 14.1. The lowest BCUT2D eigenvalue weighted by Gasteiger charge is -2.34. The molecule has 0 unspecified atom stereocenters. The van der Waals surface area contributed by atoms with Gasteiger partial charge in [0.2, 0.25) is 0 Å². The van der Waals surface area contributed by atoms with E-state index in [0.717, 1.165) is 43.0 Å². The zero-order valence-corrected chi connectivity index (χ0v) is 22.4. The summed E-state index contributed by atoms with van der Waals surface area (Å²) in [5.41, 5.74) is 4.29. The van der Waals surface area contributed by atoms with Crippen LogP contribution in [0.3, 0.4) is 0 Å². The van der Waals surface area contributed by atoms with Gasteiger partial charge in [-0.1, -0.05) is 78.9 Å². The second-order valence-corrected chi connectivity index (χ2v) is 13.5. The molecule has 0 aliphatic heterocycles. The third-order valence-electron chi connectivity index (χ3n) is 7.36. The molecule has 0 aliphatic rings. The molecule has 6 rings (SSSR count). The molecule has 194 valence electrons. The van der Waals surface area contributed by atoms with Gasteiger partial charge in [0.1, 0.15) is 17.5 Å². The molecule has 0 atom stereocenters. The van der Waals surface area contributed by atoms with Gasteiger partial charge in [-0.25, -0.2) is 13.2 Å². The van der Waals surface area contributed by atoms with Crippen molar-refractivity contribution in [1.29, 1.82) is 0 Å². The van der Waals surface area contributed by atoms with Gasteiger partial charge in [-0.3, -0.25) is 4.98 Å². The van der Waals surface area contributed by atoms with E-state index in [-0.39, 0.29) is 17.5 Å². The molecule has 0 fully saturated rings. The first-order valence-electron chi connectivity index (χ1n) is 12.9. The Morgan fingerprint density at radius 1 is 0.375 bits per heavy atom. The Kier molecular flexibility index (Phi) is 6.89. The molecule has 1 aromatic heterocycles. The standard InChI is InChI=1S/C35H24F3NSi/c36-29-6-14-33(15-7-29)40(34-16-8-30(37)9-17-34,35-18-10-31(38)11-19-35)32-12-4-25(5-13-32)27-2-1-3-28(24-27)26-20-22-39-23-21-26/h1-24H. The molecule has 0 amide bonds. The van der Waals surface area contributed by atoms with Gasteiger partial charge in [-0.15, -0.1) is 0 Å². The van der Waals surface area contributed by atoms with Crippen molar-refractivity contribution in [3.63, 3.8) is 0 Å². The van der Waals surface area contributed by atoms with Gasteiger partial charge < -0.3 is 0 Å². The fourth-order valence-electron chi connectivity index (χ4n) is 5.44. The van der Waals surface area contributed by atoms with E-state index in [4.69, 9.17) is 0 Å². The van der Waals surface area contributed by atoms with E-state index in [0.29, 0.717) is 0 Å². The second-order valence-electron chi connectivity index (χ2n) is 9.66. The minimum absolute atomic E-state index is 0.339. The van der Waals surface area contributed by atoms with E-state index in [9.17, 15) is 13.2 Å². The first-order valence-corrected chi connectivity index (χ1v) is 14.9.